The molecule has 1 heterocycles. The fraction of sp³-hybridized carbons (Fsp3) is 0.364. The lowest BCUT2D eigenvalue weighted by Crippen LogP contribution is -2.48. The minimum absolute atomic E-state index is 0.198. The van der Waals surface area contributed by atoms with Gasteiger partial charge in [-0.15, -0.1) is 0 Å². The van der Waals surface area contributed by atoms with Crippen molar-refractivity contribution in [2.75, 3.05) is 30.9 Å². The molecule has 0 saturated carbocycles. The number of nitrogens with one attached hydrogen (secondary N) is 2. The molecule has 1 saturated heterocycles. The van der Waals surface area contributed by atoms with Crippen molar-refractivity contribution in [3.05, 3.63) is 29.3 Å². The lowest BCUT2D eigenvalue weighted by molar-refractivity contribution is 0.0692. The predicted octanol–water partition coefficient (Wildman–Crippen LogP) is 0.225. The lowest BCUT2D eigenvalue weighted by atomic mass is 10.2. The number of anilines is 1. The van der Waals surface area contributed by atoms with Gasteiger partial charge in [0, 0.05) is 32.2 Å². The first-order chi connectivity index (χ1) is 9.81. The summed E-state index contributed by atoms with van der Waals surface area (Å²) >= 11 is 0. The zero-order chi connectivity index (χ0) is 15.6. The molecule has 116 valence electrons. The number of aromatic carboxylic acids is 1. The van der Waals surface area contributed by atoms with Crippen LogP contribution in [-0.4, -0.2) is 50.0 Å². The van der Waals surface area contributed by atoms with E-state index in [2.05, 4.69) is 5.32 Å². The van der Waals surface area contributed by atoms with Crippen molar-refractivity contribution >= 4 is 21.9 Å². The van der Waals surface area contributed by atoms with Crippen LogP contribution < -0.4 is 10.0 Å². The van der Waals surface area contributed by atoms with Gasteiger partial charge in [0.2, 0.25) is 0 Å². The van der Waals surface area contributed by atoms with E-state index < -0.39 is 39.1 Å². The maximum atomic E-state index is 13.6. The van der Waals surface area contributed by atoms with Gasteiger partial charge in [-0.1, -0.05) is 0 Å². The summed E-state index contributed by atoms with van der Waals surface area (Å²) in [6.45, 7) is 1.30. The molecule has 0 spiro atoms. The Morgan fingerprint density at radius 2 is 1.86 bits per heavy atom. The van der Waals surface area contributed by atoms with Crippen LogP contribution in [0.15, 0.2) is 12.1 Å². The molecule has 0 radical (unpaired) electrons. The number of nitrogens with zero attached hydrogens (tertiary/aromatic N) is 1. The zero-order valence-corrected chi connectivity index (χ0v) is 11.6. The van der Waals surface area contributed by atoms with E-state index in [0.717, 1.165) is 4.31 Å². The second-order valence-electron chi connectivity index (χ2n) is 4.37. The standard InChI is InChI=1S/C11H13F2N3O4S/c12-8-6-9(13)10(5-7(8)11(17)18)15-21(19,20)16-3-1-14-2-4-16/h5-6,14-15H,1-4H2,(H,17,18). The van der Waals surface area contributed by atoms with Crippen molar-refractivity contribution in [3.8, 4) is 0 Å². The SMILES string of the molecule is O=C(O)c1cc(NS(=O)(=O)N2CCNCC2)c(F)cc1F. The van der Waals surface area contributed by atoms with Crippen LogP contribution in [0.25, 0.3) is 0 Å². The van der Waals surface area contributed by atoms with Crippen LogP contribution in [-0.2, 0) is 10.2 Å². The van der Waals surface area contributed by atoms with Crippen LogP contribution in [0.1, 0.15) is 10.4 Å². The van der Waals surface area contributed by atoms with Crippen molar-refractivity contribution in [1.82, 2.24) is 9.62 Å². The Bertz CT molecular complexity index is 660. The molecule has 1 aromatic carbocycles. The van der Waals surface area contributed by atoms with Crippen molar-refractivity contribution in [2.45, 2.75) is 0 Å². The highest BCUT2D eigenvalue weighted by Gasteiger charge is 2.25. The van der Waals surface area contributed by atoms with Gasteiger partial charge in [0.25, 0.3) is 0 Å². The fourth-order valence-corrected chi connectivity index (χ4v) is 3.11. The van der Waals surface area contributed by atoms with Gasteiger partial charge in [0.1, 0.15) is 11.6 Å². The van der Waals surface area contributed by atoms with E-state index in [9.17, 15) is 22.0 Å². The maximum Gasteiger partial charge on any atom is 0.338 e. The van der Waals surface area contributed by atoms with Crippen molar-refractivity contribution in [3.63, 3.8) is 0 Å². The number of benzene rings is 1. The monoisotopic (exact) mass is 321 g/mol. The van der Waals surface area contributed by atoms with Gasteiger partial charge >= 0.3 is 16.2 Å². The molecule has 1 aromatic rings. The summed E-state index contributed by atoms with van der Waals surface area (Å²) < 4.78 is 54.0. The Kier molecular flexibility index (Phi) is 4.40. The molecule has 0 aromatic heterocycles. The van der Waals surface area contributed by atoms with Crippen molar-refractivity contribution < 1.29 is 27.1 Å². The molecule has 1 aliphatic heterocycles. The first kappa shape index (κ1) is 15.6. The Balaban J connectivity index is 2.30. The van der Waals surface area contributed by atoms with E-state index in [0.29, 0.717) is 25.2 Å². The Morgan fingerprint density at radius 3 is 2.43 bits per heavy atom. The van der Waals surface area contributed by atoms with Crippen LogP contribution in [0, 0.1) is 11.6 Å². The minimum Gasteiger partial charge on any atom is -0.478 e. The molecule has 3 N–H and O–H groups in total. The highest BCUT2D eigenvalue weighted by molar-refractivity contribution is 7.90. The van der Waals surface area contributed by atoms with Crippen LogP contribution in [0.4, 0.5) is 14.5 Å². The molecule has 1 fully saturated rings. The van der Waals surface area contributed by atoms with Gasteiger partial charge in [-0.2, -0.15) is 12.7 Å². The number of carbonyl (C=O) groups is 1. The van der Waals surface area contributed by atoms with Crippen LogP contribution in [0.5, 0.6) is 0 Å². The number of halogens is 2. The van der Waals surface area contributed by atoms with E-state index >= 15 is 0 Å². The van der Waals surface area contributed by atoms with Crippen LogP contribution in [0.3, 0.4) is 0 Å². The summed E-state index contributed by atoms with van der Waals surface area (Å²) in [7, 11) is -4.03. The largest absolute Gasteiger partial charge is 0.478 e. The third-order valence-corrected chi connectivity index (χ3v) is 4.46. The summed E-state index contributed by atoms with van der Waals surface area (Å²) in [5, 5.41) is 11.7. The third kappa shape index (κ3) is 3.46. The van der Waals surface area contributed by atoms with E-state index in [4.69, 9.17) is 5.11 Å². The molecule has 0 amide bonds. The quantitative estimate of drug-likeness (QED) is 0.737. The highest BCUT2D eigenvalue weighted by Crippen LogP contribution is 2.21. The zero-order valence-electron chi connectivity index (χ0n) is 10.8. The van der Waals surface area contributed by atoms with Crippen molar-refractivity contribution in [2.24, 2.45) is 0 Å². The normalized spacial score (nSPS) is 16.7. The Labute approximate surface area is 119 Å². The predicted molar refractivity (Wildman–Crippen MR) is 70.3 cm³/mol. The molecule has 0 bridgehead atoms. The number of rotatable bonds is 4. The molecule has 0 unspecified atom stereocenters. The molecule has 21 heavy (non-hydrogen) atoms. The molecular formula is C11H13F2N3O4S. The number of hydrogen-bond acceptors (Lipinski definition) is 4. The Hall–Kier alpha value is -1.78. The topological polar surface area (TPSA) is 98.7 Å². The molecule has 2 rings (SSSR count). The highest BCUT2D eigenvalue weighted by atomic mass is 32.2. The Morgan fingerprint density at radius 1 is 1.24 bits per heavy atom. The van der Waals surface area contributed by atoms with Gasteiger partial charge in [-0.05, 0) is 6.07 Å². The second-order valence-corrected chi connectivity index (χ2v) is 6.04. The fourth-order valence-electron chi connectivity index (χ4n) is 1.88. The smallest absolute Gasteiger partial charge is 0.338 e. The average molecular weight is 321 g/mol. The summed E-state index contributed by atoms with van der Waals surface area (Å²) in [6, 6.07) is 0.950. The van der Waals surface area contributed by atoms with Crippen LogP contribution in [0.2, 0.25) is 0 Å². The molecule has 0 atom stereocenters. The van der Waals surface area contributed by atoms with Crippen LogP contribution >= 0.6 is 0 Å². The molecule has 0 aliphatic carbocycles. The first-order valence-electron chi connectivity index (χ1n) is 6.02. The molecule has 7 nitrogen and oxygen atoms in total. The third-order valence-electron chi connectivity index (χ3n) is 2.94. The van der Waals surface area contributed by atoms with Gasteiger partial charge in [-0.3, -0.25) is 4.72 Å². The maximum absolute atomic E-state index is 13.6. The minimum atomic E-state index is -4.03. The number of piperazine rings is 1. The summed E-state index contributed by atoms with van der Waals surface area (Å²) in [5.74, 6) is -4.07. The number of carboxylic acids is 1. The van der Waals surface area contributed by atoms with E-state index in [1.807, 2.05) is 4.72 Å². The van der Waals surface area contributed by atoms with E-state index in [1.54, 1.807) is 0 Å². The summed E-state index contributed by atoms with van der Waals surface area (Å²) in [6.07, 6.45) is 0. The summed E-state index contributed by atoms with van der Waals surface area (Å²) in [5.41, 5.74) is -1.42. The molecular weight excluding hydrogens is 308 g/mol. The van der Waals surface area contributed by atoms with Gasteiger partial charge in [-0.25, -0.2) is 13.6 Å². The first-order valence-corrected chi connectivity index (χ1v) is 7.46. The van der Waals surface area contributed by atoms with E-state index in [-0.39, 0.29) is 13.1 Å². The van der Waals surface area contributed by atoms with E-state index in [1.165, 1.54) is 0 Å². The number of hydrogen-bond donors (Lipinski definition) is 3. The van der Waals surface area contributed by atoms with Gasteiger partial charge in [0.15, 0.2) is 0 Å². The van der Waals surface area contributed by atoms with Crippen molar-refractivity contribution in [1.29, 1.82) is 0 Å². The molecule has 1 aliphatic rings. The van der Waals surface area contributed by atoms with Gasteiger partial charge in [0.05, 0.1) is 11.3 Å². The van der Waals surface area contributed by atoms with Gasteiger partial charge < -0.3 is 10.4 Å². The number of carboxylic acid groups (broad SMARTS) is 1. The molecule has 10 heteroatoms. The lowest BCUT2D eigenvalue weighted by Gasteiger charge is -2.27. The average Bonchev–Trinajstić information content (AvgIpc) is 2.42. The second kappa shape index (κ2) is 5.92. The summed E-state index contributed by atoms with van der Waals surface area (Å²) in [4.78, 5) is 10.8.